The average molecular weight is 390 g/mol. The van der Waals surface area contributed by atoms with Crippen LogP contribution >= 0.6 is 0 Å². The van der Waals surface area contributed by atoms with Crippen LogP contribution in [0.25, 0.3) is 0 Å². The second-order valence-electron chi connectivity index (χ2n) is 8.32. The first kappa shape index (κ1) is 17.0. The lowest BCUT2D eigenvalue weighted by Crippen LogP contribution is -2.74. The van der Waals surface area contributed by atoms with E-state index in [4.69, 9.17) is 19.2 Å². The number of hydrogen-bond acceptors (Lipinski definition) is 5. The number of piperidine rings is 1. The van der Waals surface area contributed by atoms with Gasteiger partial charge in [0.25, 0.3) is 5.91 Å². The summed E-state index contributed by atoms with van der Waals surface area (Å²) in [6.45, 7) is 0.847. The van der Waals surface area contributed by atoms with Crippen molar-refractivity contribution in [1.29, 1.82) is 0 Å². The highest BCUT2D eigenvalue weighted by Gasteiger charge is 2.70. The number of fused-ring (bicyclic) bond motifs is 1. The Hall–Kier alpha value is -2.86. The molecule has 1 amide bonds. The van der Waals surface area contributed by atoms with Crippen molar-refractivity contribution >= 4 is 11.8 Å². The maximum Gasteiger partial charge on any atom is 0.254 e. The van der Waals surface area contributed by atoms with E-state index in [0.717, 1.165) is 23.3 Å². The lowest BCUT2D eigenvalue weighted by Gasteiger charge is -2.55. The molecule has 0 aromatic heterocycles. The van der Waals surface area contributed by atoms with E-state index in [1.54, 1.807) is 7.11 Å². The van der Waals surface area contributed by atoms with Gasteiger partial charge in [0.15, 0.2) is 11.8 Å². The molecule has 2 aromatic carbocycles. The number of carbonyl (C=O) groups excluding carboxylic acids is 1. The second kappa shape index (κ2) is 5.83. The van der Waals surface area contributed by atoms with E-state index < -0.39 is 17.3 Å². The number of aliphatic imine (C=N–C) groups is 1. The Bertz CT molecular complexity index is 1020. The molecular formula is C23H22N2O4. The summed E-state index contributed by atoms with van der Waals surface area (Å²) in [6, 6.07) is 17.8. The number of rotatable bonds is 1. The quantitative estimate of drug-likeness (QED) is 0.751. The molecule has 6 nitrogen and oxygen atoms in total. The number of para-hydroxylation sites is 1. The zero-order valence-electron chi connectivity index (χ0n) is 16.2. The molecular weight excluding hydrogens is 368 g/mol. The Morgan fingerprint density at radius 3 is 2.76 bits per heavy atom. The van der Waals surface area contributed by atoms with Gasteiger partial charge in [-0.25, -0.2) is 4.99 Å². The summed E-state index contributed by atoms with van der Waals surface area (Å²) in [7, 11) is 1.64. The van der Waals surface area contributed by atoms with E-state index in [9.17, 15) is 4.79 Å². The fourth-order valence-electron chi connectivity index (χ4n) is 5.51. The van der Waals surface area contributed by atoms with Crippen LogP contribution in [-0.2, 0) is 20.7 Å². The van der Waals surface area contributed by atoms with Crippen molar-refractivity contribution in [2.75, 3.05) is 20.3 Å². The summed E-state index contributed by atoms with van der Waals surface area (Å²) in [6.07, 6.45) is 0.803. The molecule has 2 bridgehead atoms. The maximum atomic E-state index is 14.1. The molecule has 2 unspecified atom stereocenters. The number of amides is 1. The van der Waals surface area contributed by atoms with E-state index in [1.165, 1.54) is 0 Å². The third-order valence-electron chi connectivity index (χ3n) is 6.87. The molecule has 4 atom stereocenters. The van der Waals surface area contributed by atoms with Gasteiger partial charge in [-0.05, 0) is 18.1 Å². The topological polar surface area (TPSA) is 60.4 Å². The molecule has 0 N–H and O–H groups in total. The molecule has 2 saturated heterocycles. The smallest absolute Gasteiger partial charge is 0.254 e. The summed E-state index contributed by atoms with van der Waals surface area (Å²) in [5, 5.41) is 0. The molecule has 2 aromatic rings. The van der Waals surface area contributed by atoms with E-state index in [2.05, 4.69) is 0 Å². The summed E-state index contributed by atoms with van der Waals surface area (Å²) in [5.41, 5.74) is 0.395. The Morgan fingerprint density at radius 1 is 1.14 bits per heavy atom. The minimum absolute atomic E-state index is 0.0150. The van der Waals surface area contributed by atoms with Gasteiger partial charge in [-0.15, -0.1) is 0 Å². The Kier molecular flexibility index (Phi) is 3.42. The van der Waals surface area contributed by atoms with Crippen LogP contribution < -0.4 is 4.74 Å². The highest BCUT2D eigenvalue weighted by atomic mass is 16.5. The number of carbonyl (C=O) groups is 1. The van der Waals surface area contributed by atoms with E-state index in [0.29, 0.717) is 25.5 Å². The van der Waals surface area contributed by atoms with E-state index in [1.807, 2.05) is 59.5 Å². The zero-order valence-corrected chi connectivity index (χ0v) is 16.2. The lowest BCUT2D eigenvalue weighted by molar-refractivity contribution is -0.158. The first-order chi connectivity index (χ1) is 14.2. The fourth-order valence-corrected chi connectivity index (χ4v) is 5.51. The number of benzene rings is 2. The van der Waals surface area contributed by atoms with Crippen LogP contribution in [0.1, 0.15) is 23.8 Å². The lowest BCUT2D eigenvalue weighted by atomic mass is 9.65. The third kappa shape index (κ3) is 2.10. The third-order valence-corrected chi connectivity index (χ3v) is 6.87. The van der Waals surface area contributed by atoms with Gasteiger partial charge in [-0.2, -0.15) is 0 Å². The maximum absolute atomic E-state index is 14.1. The van der Waals surface area contributed by atoms with Crippen LogP contribution in [0, 0.1) is 5.92 Å². The normalized spacial score (nSPS) is 34.4. The molecule has 6 heteroatoms. The molecule has 0 saturated carbocycles. The highest BCUT2D eigenvalue weighted by molar-refractivity contribution is 6.03. The second-order valence-corrected chi connectivity index (χ2v) is 8.32. The highest BCUT2D eigenvalue weighted by Crippen LogP contribution is 2.55. The van der Waals surface area contributed by atoms with Crippen molar-refractivity contribution < 1.29 is 19.0 Å². The molecule has 0 radical (unpaired) electrons. The largest absolute Gasteiger partial charge is 0.493 e. The molecule has 29 heavy (non-hydrogen) atoms. The van der Waals surface area contributed by atoms with Crippen molar-refractivity contribution in [1.82, 2.24) is 4.90 Å². The standard InChI is InChI=1S/C23H22N2O4/c1-27-20-22-12-17-13-28-18-10-6-5-9-16(18)11-23(17,24-20)21(26)25(22)19(29-14-22)15-7-3-2-4-8-15/h2-10,17,19H,11-14H2,1H3/t17-,19+,22?,23?/m0/s1. The molecule has 2 fully saturated rings. The van der Waals surface area contributed by atoms with Gasteiger partial charge in [0.2, 0.25) is 5.90 Å². The first-order valence-electron chi connectivity index (χ1n) is 10.0. The zero-order chi connectivity index (χ0) is 19.6. The minimum Gasteiger partial charge on any atom is -0.493 e. The number of nitrogens with zero attached hydrogens (tertiary/aromatic N) is 2. The van der Waals surface area contributed by atoms with E-state index in [-0.39, 0.29) is 11.8 Å². The predicted molar refractivity (Wildman–Crippen MR) is 106 cm³/mol. The molecule has 0 aliphatic carbocycles. The summed E-state index contributed by atoms with van der Waals surface area (Å²) < 4.78 is 18.1. The summed E-state index contributed by atoms with van der Waals surface area (Å²) in [4.78, 5) is 20.9. The fraction of sp³-hybridized carbons (Fsp3) is 0.391. The van der Waals surface area contributed by atoms with Crippen molar-refractivity contribution in [3.8, 4) is 5.75 Å². The number of ether oxygens (including phenoxy) is 3. The van der Waals surface area contributed by atoms with Gasteiger partial charge < -0.3 is 14.2 Å². The number of hydrogen-bond donors (Lipinski definition) is 0. The van der Waals surface area contributed by atoms with Crippen molar-refractivity contribution in [3.05, 3.63) is 65.7 Å². The van der Waals surface area contributed by atoms with Gasteiger partial charge in [0.05, 0.1) is 20.3 Å². The van der Waals surface area contributed by atoms with Crippen LogP contribution in [0.4, 0.5) is 0 Å². The average Bonchev–Trinajstić information content (AvgIpc) is 3.06. The van der Waals surface area contributed by atoms with Crippen LogP contribution in [-0.4, -0.2) is 48.1 Å². The summed E-state index contributed by atoms with van der Waals surface area (Å²) in [5.74, 6) is 1.44. The van der Waals surface area contributed by atoms with Crippen LogP contribution in [0.2, 0.25) is 0 Å². The van der Waals surface area contributed by atoms with Gasteiger partial charge in [-0.1, -0.05) is 48.5 Å². The Labute approximate surface area is 169 Å². The summed E-state index contributed by atoms with van der Waals surface area (Å²) >= 11 is 0. The van der Waals surface area contributed by atoms with Gasteiger partial charge >= 0.3 is 0 Å². The Morgan fingerprint density at radius 2 is 1.93 bits per heavy atom. The van der Waals surface area contributed by atoms with Crippen LogP contribution in [0.3, 0.4) is 0 Å². The van der Waals surface area contributed by atoms with Crippen LogP contribution in [0.15, 0.2) is 59.6 Å². The van der Waals surface area contributed by atoms with Crippen molar-refractivity contribution in [3.63, 3.8) is 0 Å². The van der Waals surface area contributed by atoms with Gasteiger partial charge in [0.1, 0.15) is 11.3 Å². The monoisotopic (exact) mass is 390 g/mol. The molecule has 5 aliphatic heterocycles. The van der Waals surface area contributed by atoms with E-state index >= 15 is 0 Å². The van der Waals surface area contributed by atoms with Crippen molar-refractivity contribution in [2.45, 2.75) is 30.1 Å². The molecule has 7 rings (SSSR count). The molecule has 5 aliphatic rings. The minimum atomic E-state index is -0.916. The predicted octanol–water partition coefficient (Wildman–Crippen LogP) is 2.74. The molecule has 2 spiro atoms. The van der Waals surface area contributed by atoms with Crippen LogP contribution in [0.5, 0.6) is 5.75 Å². The first-order valence-corrected chi connectivity index (χ1v) is 10.0. The Balaban J connectivity index is 1.52. The van der Waals surface area contributed by atoms with Gasteiger partial charge in [-0.3, -0.25) is 9.69 Å². The number of methoxy groups -OCH3 is 1. The van der Waals surface area contributed by atoms with Crippen molar-refractivity contribution in [2.24, 2.45) is 10.9 Å². The SMILES string of the molecule is COC1=NC23Cc4ccccc4OC[C@@H]2CC12CO[C@H](c1ccccc1)N2C3=O. The van der Waals surface area contributed by atoms with Gasteiger partial charge in [0, 0.05) is 17.9 Å². The molecule has 5 heterocycles. The molecule has 148 valence electrons.